The van der Waals surface area contributed by atoms with Crippen molar-refractivity contribution in [2.24, 2.45) is 5.73 Å². The Morgan fingerprint density at radius 3 is 2.88 bits per heavy atom. The van der Waals surface area contributed by atoms with Gasteiger partial charge in [-0.2, -0.15) is 11.8 Å². The van der Waals surface area contributed by atoms with Gasteiger partial charge in [0.15, 0.2) is 0 Å². The molecule has 0 fully saturated rings. The minimum atomic E-state index is -0.338. The Morgan fingerprint density at radius 2 is 2.31 bits per heavy atom. The molecule has 0 amide bonds. The van der Waals surface area contributed by atoms with Crippen LogP contribution in [0.3, 0.4) is 0 Å². The van der Waals surface area contributed by atoms with Crippen LogP contribution in [-0.4, -0.2) is 30.1 Å². The zero-order valence-electron chi connectivity index (χ0n) is 9.90. The van der Waals surface area contributed by atoms with E-state index < -0.39 is 0 Å². The highest BCUT2D eigenvalue weighted by Crippen LogP contribution is 2.19. The van der Waals surface area contributed by atoms with Crippen LogP contribution >= 0.6 is 11.8 Å². The van der Waals surface area contributed by atoms with Gasteiger partial charge in [0, 0.05) is 31.0 Å². The first-order chi connectivity index (χ1) is 7.60. The third kappa shape index (κ3) is 3.09. The molecule has 0 aliphatic rings. The number of anilines is 1. The van der Waals surface area contributed by atoms with E-state index in [0.29, 0.717) is 12.6 Å². The van der Waals surface area contributed by atoms with Gasteiger partial charge in [-0.3, -0.25) is 0 Å². The van der Waals surface area contributed by atoms with Crippen molar-refractivity contribution in [2.45, 2.75) is 19.5 Å². The van der Waals surface area contributed by atoms with E-state index in [-0.39, 0.29) is 5.82 Å². The standard InChI is InChI=1S/C11H18FN3S/c1-8(7-16-3)15(2)11-9(5-13)4-10(12)6-14-11/h4,6,8H,5,7,13H2,1-3H3. The number of pyridine rings is 1. The van der Waals surface area contributed by atoms with E-state index in [1.165, 1.54) is 12.3 Å². The normalized spacial score (nSPS) is 12.6. The summed E-state index contributed by atoms with van der Waals surface area (Å²) in [7, 11) is 1.96. The van der Waals surface area contributed by atoms with E-state index in [1.54, 1.807) is 11.8 Å². The van der Waals surface area contributed by atoms with E-state index in [9.17, 15) is 4.39 Å². The predicted molar refractivity (Wildman–Crippen MR) is 68.3 cm³/mol. The molecule has 1 unspecified atom stereocenters. The van der Waals surface area contributed by atoms with Crippen molar-refractivity contribution in [3.63, 3.8) is 0 Å². The van der Waals surface area contributed by atoms with Crippen molar-refractivity contribution in [3.8, 4) is 0 Å². The van der Waals surface area contributed by atoms with E-state index in [1.807, 2.05) is 11.9 Å². The molecule has 1 aromatic heterocycles. The maximum absolute atomic E-state index is 13.0. The molecule has 5 heteroatoms. The Labute approximate surface area is 100 Å². The summed E-state index contributed by atoms with van der Waals surface area (Å²) in [6.07, 6.45) is 3.29. The lowest BCUT2D eigenvalue weighted by Crippen LogP contribution is -2.32. The molecular weight excluding hydrogens is 225 g/mol. The van der Waals surface area contributed by atoms with Crippen LogP contribution in [0.2, 0.25) is 0 Å². The summed E-state index contributed by atoms with van der Waals surface area (Å²) in [4.78, 5) is 6.15. The fraction of sp³-hybridized carbons (Fsp3) is 0.545. The second kappa shape index (κ2) is 6.06. The number of thioether (sulfide) groups is 1. The zero-order chi connectivity index (χ0) is 12.1. The smallest absolute Gasteiger partial charge is 0.141 e. The maximum atomic E-state index is 13.0. The molecule has 0 bridgehead atoms. The molecule has 16 heavy (non-hydrogen) atoms. The molecular formula is C11H18FN3S. The van der Waals surface area contributed by atoms with E-state index >= 15 is 0 Å². The van der Waals surface area contributed by atoms with Gasteiger partial charge < -0.3 is 10.6 Å². The molecule has 90 valence electrons. The quantitative estimate of drug-likeness (QED) is 0.857. The summed E-state index contributed by atoms with van der Waals surface area (Å²) in [5, 5.41) is 0. The Morgan fingerprint density at radius 1 is 1.62 bits per heavy atom. The number of halogens is 1. The van der Waals surface area contributed by atoms with E-state index in [4.69, 9.17) is 5.73 Å². The highest BCUT2D eigenvalue weighted by molar-refractivity contribution is 7.98. The summed E-state index contributed by atoms with van der Waals surface area (Å²) in [5.41, 5.74) is 6.34. The minimum absolute atomic E-state index is 0.302. The zero-order valence-corrected chi connectivity index (χ0v) is 10.7. The molecule has 1 heterocycles. The number of hydrogen-bond donors (Lipinski definition) is 1. The van der Waals surface area contributed by atoms with Gasteiger partial charge in [0.25, 0.3) is 0 Å². The molecule has 3 nitrogen and oxygen atoms in total. The lowest BCUT2D eigenvalue weighted by Gasteiger charge is -2.27. The molecule has 0 saturated heterocycles. The van der Waals surface area contributed by atoms with Gasteiger partial charge in [-0.15, -0.1) is 0 Å². The largest absolute Gasteiger partial charge is 0.356 e. The summed E-state index contributed by atoms with van der Waals surface area (Å²) in [6.45, 7) is 2.41. The van der Waals surface area contributed by atoms with E-state index in [2.05, 4.69) is 18.2 Å². The topological polar surface area (TPSA) is 42.2 Å². The third-order valence-electron chi connectivity index (χ3n) is 2.53. The molecule has 0 aliphatic heterocycles. The Bertz CT molecular complexity index is 346. The monoisotopic (exact) mass is 243 g/mol. The van der Waals surface area contributed by atoms with Crippen LogP contribution in [0.4, 0.5) is 10.2 Å². The molecule has 0 radical (unpaired) electrons. The first-order valence-corrected chi connectivity index (χ1v) is 6.55. The van der Waals surface area contributed by atoms with Crippen molar-refractivity contribution < 1.29 is 4.39 Å². The molecule has 1 atom stereocenters. The number of nitrogens with zero attached hydrogens (tertiary/aromatic N) is 2. The molecule has 1 rings (SSSR count). The molecule has 0 aliphatic carbocycles. The van der Waals surface area contributed by atoms with Crippen molar-refractivity contribution >= 4 is 17.6 Å². The van der Waals surface area contributed by atoms with Crippen LogP contribution in [0.5, 0.6) is 0 Å². The highest BCUT2D eigenvalue weighted by atomic mass is 32.2. The minimum Gasteiger partial charge on any atom is -0.356 e. The van der Waals surface area contributed by atoms with Gasteiger partial charge in [-0.05, 0) is 19.2 Å². The summed E-state index contributed by atoms with van der Waals surface area (Å²) < 4.78 is 13.0. The third-order valence-corrected chi connectivity index (χ3v) is 3.35. The Balaban J connectivity index is 2.93. The Kier molecular flexibility index (Phi) is 5.02. The number of nitrogens with two attached hydrogens (primary N) is 1. The summed E-state index contributed by atoms with van der Waals surface area (Å²) >= 11 is 1.77. The summed E-state index contributed by atoms with van der Waals surface area (Å²) in [6, 6.07) is 1.79. The maximum Gasteiger partial charge on any atom is 0.141 e. The van der Waals surface area contributed by atoms with Gasteiger partial charge in [0.1, 0.15) is 11.6 Å². The fourth-order valence-corrected chi connectivity index (χ4v) is 2.21. The van der Waals surface area contributed by atoms with Crippen LogP contribution < -0.4 is 10.6 Å². The highest BCUT2D eigenvalue weighted by Gasteiger charge is 2.14. The van der Waals surface area contributed by atoms with Gasteiger partial charge in [0.05, 0.1) is 6.20 Å². The van der Waals surface area contributed by atoms with Crippen molar-refractivity contribution in [2.75, 3.05) is 24.0 Å². The van der Waals surface area contributed by atoms with Crippen LogP contribution in [0.25, 0.3) is 0 Å². The lowest BCUT2D eigenvalue weighted by molar-refractivity contribution is 0.616. The van der Waals surface area contributed by atoms with Gasteiger partial charge in [-0.25, -0.2) is 9.37 Å². The predicted octanol–water partition coefficient (Wildman–Crippen LogP) is 1.87. The average Bonchev–Trinajstić information content (AvgIpc) is 2.28. The molecule has 1 aromatic rings. The van der Waals surface area contributed by atoms with Crippen LogP contribution in [0, 0.1) is 5.82 Å². The SMILES string of the molecule is CSCC(C)N(C)c1ncc(F)cc1CN. The fourth-order valence-electron chi connectivity index (χ4n) is 1.50. The van der Waals surface area contributed by atoms with E-state index in [0.717, 1.165) is 17.1 Å². The average molecular weight is 243 g/mol. The van der Waals surface area contributed by atoms with Crippen molar-refractivity contribution in [1.29, 1.82) is 0 Å². The lowest BCUT2D eigenvalue weighted by atomic mass is 10.2. The molecule has 0 aromatic carbocycles. The van der Waals surface area contributed by atoms with Crippen molar-refractivity contribution in [3.05, 3.63) is 23.6 Å². The number of rotatable bonds is 5. The Hall–Kier alpha value is -0.810. The van der Waals surface area contributed by atoms with Crippen molar-refractivity contribution in [1.82, 2.24) is 4.98 Å². The van der Waals surface area contributed by atoms with Crippen LogP contribution in [-0.2, 0) is 6.54 Å². The molecule has 2 N–H and O–H groups in total. The van der Waals surface area contributed by atoms with Gasteiger partial charge >= 0.3 is 0 Å². The first-order valence-electron chi connectivity index (χ1n) is 5.16. The van der Waals surface area contributed by atoms with Crippen LogP contribution in [0.1, 0.15) is 12.5 Å². The number of aromatic nitrogens is 1. The number of hydrogen-bond acceptors (Lipinski definition) is 4. The van der Waals surface area contributed by atoms with Crippen LogP contribution in [0.15, 0.2) is 12.3 Å². The van der Waals surface area contributed by atoms with Gasteiger partial charge in [-0.1, -0.05) is 0 Å². The second-order valence-electron chi connectivity index (χ2n) is 3.76. The molecule has 0 spiro atoms. The summed E-state index contributed by atoms with van der Waals surface area (Å²) in [5.74, 6) is 1.43. The second-order valence-corrected chi connectivity index (χ2v) is 4.67. The molecule has 0 saturated carbocycles. The van der Waals surface area contributed by atoms with Gasteiger partial charge in [0.2, 0.25) is 0 Å². The first kappa shape index (κ1) is 13.3.